The zero-order valence-corrected chi connectivity index (χ0v) is 22.0. The molecule has 0 unspecified atom stereocenters. The Morgan fingerprint density at radius 3 is 2.37 bits per heavy atom. The number of sulfonamides is 1. The molecule has 10 heteroatoms. The van der Waals surface area contributed by atoms with Gasteiger partial charge in [0, 0.05) is 0 Å². The standard InChI is InChI=1S/C25H26BrN3O5S/c1-4-34-21-11-7-19(8-12-21)16-27-28-25(30)17-29(20-9-5-18(2)6-10-20)35(31,32)22-13-14-24(33-3)23(26)15-22/h5-16H,4,17H2,1-3H3,(H,28,30)/b27-16+. The largest absolute Gasteiger partial charge is 0.496 e. The molecule has 0 aliphatic rings. The molecule has 3 rings (SSSR count). The molecule has 0 saturated carbocycles. The Labute approximate surface area is 213 Å². The molecule has 0 saturated heterocycles. The molecular formula is C25H26BrN3O5S. The number of anilines is 1. The second-order valence-corrected chi connectivity index (χ2v) is 10.2. The summed E-state index contributed by atoms with van der Waals surface area (Å²) >= 11 is 3.32. The normalized spacial score (nSPS) is 11.3. The van der Waals surface area contributed by atoms with Crippen LogP contribution in [-0.2, 0) is 14.8 Å². The number of hydrogen-bond acceptors (Lipinski definition) is 6. The Hall–Kier alpha value is -3.37. The highest BCUT2D eigenvalue weighted by Gasteiger charge is 2.28. The number of hydrogen-bond donors (Lipinski definition) is 1. The third-order valence-electron chi connectivity index (χ3n) is 4.91. The molecule has 35 heavy (non-hydrogen) atoms. The summed E-state index contributed by atoms with van der Waals surface area (Å²) in [6, 6.07) is 18.5. The average molecular weight is 560 g/mol. The third kappa shape index (κ3) is 6.83. The maximum Gasteiger partial charge on any atom is 0.264 e. The molecule has 0 radical (unpaired) electrons. The summed E-state index contributed by atoms with van der Waals surface area (Å²) in [4.78, 5) is 12.7. The van der Waals surface area contributed by atoms with Crippen molar-refractivity contribution < 1.29 is 22.7 Å². The van der Waals surface area contributed by atoms with E-state index in [-0.39, 0.29) is 4.90 Å². The van der Waals surface area contributed by atoms with Crippen LogP contribution in [0.4, 0.5) is 5.69 Å². The van der Waals surface area contributed by atoms with Gasteiger partial charge in [-0.05, 0) is 89.9 Å². The number of rotatable bonds is 10. The zero-order valence-electron chi connectivity index (χ0n) is 19.6. The van der Waals surface area contributed by atoms with Crippen LogP contribution in [0.3, 0.4) is 0 Å². The van der Waals surface area contributed by atoms with Gasteiger partial charge in [0.15, 0.2) is 0 Å². The van der Waals surface area contributed by atoms with Gasteiger partial charge in [-0.25, -0.2) is 13.8 Å². The van der Waals surface area contributed by atoms with E-state index in [9.17, 15) is 13.2 Å². The average Bonchev–Trinajstić information content (AvgIpc) is 2.84. The van der Waals surface area contributed by atoms with Crippen molar-refractivity contribution in [2.45, 2.75) is 18.7 Å². The number of carbonyl (C=O) groups excluding carboxylic acids is 1. The van der Waals surface area contributed by atoms with Gasteiger partial charge in [0.1, 0.15) is 18.0 Å². The van der Waals surface area contributed by atoms with E-state index in [1.165, 1.54) is 25.5 Å². The van der Waals surface area contributed by atoms with Gasteiger partial charge in [-0.15, -0.1) is 0 Å². The maximum atomic E-state index is 13.5. The first-order chi connectivity index (χ1) is 16.7. The zero-order chi connectivity index (χ0) is 25.4. The van der Waals surface area contributed by atoms with Gasteiger partial charge < -0.3 is 9.47 Å². The lowest BCUT2D eigenvalue weighted by atomic mass is 10.2. The number of nitrogens with one attached hydrogen (secondary N) is 1. The van der Waals surface area contributed by atoms with E-state index in [0.717, 1.165) is 21.2 Å². The maximum absolute atomic E-state index is 13.5. The van der Waals surface area contributed by atoms with Gasteiger partial charge in [-0.2, -0.15) is 5.10 Å². The van der Waals surface area contributed by atoms with Crippen molar-refractivity contribution in [2.75, 3.05) is 24.6 Å². The molecule has 1 amide bonds. The molecule has 0 atom stereocenters. The lowest BCUT2D eigenvalue weighted by Crippen LogP contribution is -2.39. The van der Waals surface area contributed by atoms with Gasteiger partial charge in [-0.1, -0.05) is 17.7 Å². The minimum Gasteiger partial charge on any atom is -0.496 e. The summed E-state index contributed by atoms with van der Waals surface area (Å²) in [5.41, 5.74) is 4.47. The molecule has 0 fully saturated rings. The molecule has 0 aliphatic heterocycles. The summed E-state index contributed by atoms with van der Waals surface area (Å²) < 4.78 is 39.2. The molecule has 3 aromatic carbocycles. The molecule has 0 spiro atoms. The second kappa shape index (κ2) is 11.9. The molecule has 8 nitrogen and oxygen atoms in total. The van der Waals surface area contributed by atoms with E-state index in [1.54, 1.807) is 54.6 Å². The van der Waals surface area contributed by atoms with Gasteiger partial charge in [0.05, 0.1) is 35.0 Å². The Morgan fingerprint density at radius 1 is 1.09 bits per heavy atom. The molecule has 0 bridgehead atoms. The first kappa shape index (κ1) is 26.2. The SMILES string of the molecule is CCOc1ccc(/C=N/NC(=O)CN(c2ccc(C)cc2)S(=O)(=O)c2ccc(OC)c(Br)c2)cc1. The van der Waals surface area contributed by atoms with E-state index < -0.39 is 22.5 Å². The van der Waals surface area contributed by atoms with Crippen LogP contribution in [0.2, 0.25) is 0 Å². The number of ether oxygens (including phenoxy) is 2. The number of methoxy groups -OCH3 is 1. The fraction of sp³-hybridized carbons (Fsp3) is 0.200. The van der Waals surface area contributed by atoms with Gasteiger partial charge in [0.2, 0.25) is 0 Å². The Balaban J connectivity index is 1.81. The third-order valence-corrected chi connectivity index (χ3v) is 7.30. The first-order valence-corrected chi connectivity index (χ1v) is 13.0. The van der Waals surface area contributed by atoms with Crippen molar-refractivity contribution in [3.63, 3.8) is 0 Å². The van der Waals surface area contributed by atoms with E-state index in [2.05, 4.69) is 26.5 Å². The Bertz CT molecular complexity index is 1290. The Kier molecular flexibility index (Phi) is 8.89. The fourth-order valence-corrected chi connectivity index (χ4v) is 5.26. The minimum atomic E-state index is -4.08. The van der Waals surface area contributed by atoms with Crippen LogP contribution in [0.25, 0.3) is 0 Å². The summed E-state index contributed by atoms with van der Waals surface area (Å²) in [6.07, 6.45) is 1.47. The lowest BCUT2D eigenvalue weighted by molar-refractivity contribution is -0.119. The van der Waals surface area contributed by atoms with E-state index in [4.69, 9.17) is 9.47 Å². The van der Waals surface area contributed by atoms with Crippen molar-refractivity contribution in [1.82, 2.24) is 5.43 Å². The second-order valence-electron chi connectivity index (χ2n) is 7.44. The molecule has 3 aromatic rings. The summed E-state index contributed by atoms with van der Waals surface area (Å²) in [6.45, 7) is 3.90. The molecule has 0 heterocycles. The highest BCUT2D eigenvalue weighted by atomic mass is 79.9. The van der Waals surface area contributed by atoms with Gasteiger partial charge in [-0.3, -0.25) is 9.10 Å². The topological polar surface area (TPSA) is 97.3 Å². The van der Waals surface area contributed by atoms with Crippen LogP contribution in [0.1, 0.15) is 18.1 Å². The van der Waals surface area contributed by atoms with Crippen LogP contribution >= 0.6 is 15.9 Å². The van der Waals surface area contributed by atoms with Crippen LogP contribution in [0, 0.1) is 6.92 Å². The van der Waals surface area contributed by atoms with Gasteiger partial charge in [0.25, 0.3) is 15.9 Å². The predicted octanol–water partition coefficient (Wildman–Crippen LogP) is 4.51. The molecule has 1 N–H and O–H groups in total. The van der Waals surface area contributed by atoms with E-state index in [0.29, 0.717) is 22.5 Å². The number of amides is 1. The fourth-order valence-electron chi connectivity index (χ4n) is 3.12. The van der Waals surface area contributed by atoms with Crippen LogP contribution < -0.4 is 19.2 Å². The Morgan fingerprint density at radius 2 is 1.77 bits per heavy atom. The van der Waals surface area contributed by atoms with E-state index >= 15 is 0 Å². The summed E-state index contributed by atoms with van der Waals surface area (Å²) in [5, 5.41) is 3.96. The van der Waals surface area contributed by atoms with Crippen LogP contribution in [0.15, 0.2) is 81.2 Å². The number of hydrazone groups is 1. The van der Waals surface area contributed by atoms with Crippen molar-refractivity contribution in [1.29, 1.82) is 0 Å². The predicted molar refractivity (Wildman–Crippen MR) is 140 cm³/mol. The van der Waals surface area contributed by atoms with Crippen LogP contribution in [0.5, 0.6) is 11.5 Å². The molecular weight excluding hydrogens is 534 g/mol. The highest BCUT2D eigenvalue weighted by molar-refractivity contribution is 9.10. The van der Waals surface area contributed by atoms with Crippen molar-refractivity contribution in [3.05, 3.63) is 82.3 Å². The summed E-state index contributed by atoms with van der Waals surface area (Å²) in [5.74, 6) is 0.633. The van der Waals surface area contributed by atoms with Crippen LogP contribution in [-0.4, -0.2) is 40.8 Å². The van der Waals surface area contributed by atoms with Crippen molar-refractivity contribution in [3.8, 4) is 11.5 Å². The lowest BCUT2D eigenvalue weighted by Gasteiger charge is -2.24. The van der Waals surface area contributed by atoms with Crippen molar-refractivity contribution >= 4 is 43.8 Å². The quantitative estimate of drug-likeness (QED) is 0.291. The first-order valence-electron chi connectivity index (χ1n) is 10.7. The number of benzene rings is 3. The monoisotopic (exact) mass is 559 g/mol. The number of carbonyl (C=O) groups is 1. The number of halogens is 1. The smallest absolute Gasteiger partial charge is 0.264 e. The summed E-state index contributed by atoms with van der Waals surface area (Å²) in [7, 11) is -2.58. The number of nitrogens with zero attached hydrogens (tertiary/aromatic N) is 2. The molecule has 0 aromatic heterocycles. The molecule has 0 aliphatic carbocycles. The van der Waals surface area contributed by atoms with E-state index in [1.807, 2.05) is 13.8 Å². The number of aryl methyl sites for hydroxylation is 1. The molecule has 184 valence electrons. The van der Waals surface area contributed by atoms with Gasteiger partial charge >= 0.3 is 0 Å². The minimum absolute atomic E-state index is 0.0106. The van der Waals surface area contributed by atoms with Crippen molar-refractivity contribution in [2.24, 2.45) is 5.10 Å². The highest BCUT2D eigenvalue weighted by Crippen LogP contribution is 2.30.